The molecule has 0 fully saturated rings. The number of nitrogens with one attached hydrogen (secondary N) is 1. The van der Waals surface area contributed by atoms with E-state index in [0.29, 0.717) is 16.8 Å². The number of carbonyl (C=O) groups is 1. The van der Waals surface area contributed by atoms with Gasteiger partial charge >= 0.3 is 0 Å². The van der Waals surface area contributed by atoms with Crippen LogP contribution >= 0.6 is 11.3 Å². The molecule has 3 aromatic rings. The van der Waals surface area contributed by atoms with Gasteiger partial charge in [-0.2, -0.15) is 5.26 Å². The molecular weight excluding hydrogens is 397 g/mol. The highest BCUT2D eigenvalue weighted by Crippen LogP contribution is 2.32. The van der Waals surface area contributed by atoms with Crippen LogP contribution in [0.2, 0.25) is 0 Å². The molecule has 1 aromatic heterocycles. The summed E-state index contributed by atoms with van der Waals surface area (Å²) in [5, 5.41) is 32.6. The van der Waals surface area contributed by atoms with Gasteiger partial charge in [-0.3, -0.25) is 10.1 Å². The number of hydrogen-bond donors (Lipinski definition) is 3. The monoisotopic (exact) mass is 411 g/mol. The largest absolute Gasteiger partial charge is 0.504 e. The van der Waals surface area contributed by atoms with Crippen LogP contribution in [0.25, 0.3) is 17.3 Å². The zero-order chi connectivity index (χ0) is 21.0. The topological polar surface area (TPSA) is 115 Å². The van der Waals surface area contributed by atoms with Crippen molar-refractivity contribution in [2.75, 3.05) is 12.4 Å². The van der Waals surface area contributed by atoms with Gasteiger partial charge in [0.25, 0.3) is 5.91 Å². The van der Waals surface area contributed by atoms with E-state index in [0.717, 1.165) is 17.4 Å². The molecule has 0 saturated heterocycles. The quantitative estimate of drug-likeness (QED) is 0.333. The van der Waals surface area contributed by atoms with Crippen LogP contribution in [-0.2, 0) is 4.79 Å². The van der Waals surface area contributed by atoms with Crippen LogP contribution in [0.3, 0.4) is 0 Å². The Morgan fingerprint density at radius 1 is 1.28 bits per heavy atom. The Morgan fingerprint density at radius 2 is 2.07 bits per heavy atom. The van der Waals surface area contributed by atoms with Crippen LogP contribution in [0.15, 0.2) is 47.4 Å². The number of benzene rings is 2. The third-order valence-electron chi connectivity index (χ3n) is 3.85. The van der Waals surface area contributed by atoms with Crippen LogP contribution in [0, 0.1) is 17.1 Å². The smallest absolute Gasteiger partial charge is 0.268 e. The number of rotatable bonds is 5. The molecule has 0 aliphatic rings. The van der Waals surface area contributed by atoms with Gasteiger partial charge in [-0.05, 0) is 42.0 Å². The Labute approximate surface area is 169 Å². The van der Waals surface area contributed by atoms with Crippen molar-refractivity contribution in [1.82, 2.24) is 4.98 Å². The van der Waals surface area contributed by atoms with E-state index >= 15 is 0 Å². The summed E-state index contributed by atoms with van der Waals surface area (Å²) in [5.74, 6) is -1.79. The molecule has 1 amide bonds. The van der Waals surface area contributed by atoms with Crippen LogP contribution in [-0.4, -0.2) is 28.2 Å². The zero-order valence-electron chi connectivity index (χ0n) is 15.0. The summed E-state index contributed by atoms with van der Waals surface area (Å²) in [5.41, 5.74) is 1.12. The van der Waals surface area contributed by atoms with Gasteiger partial charge in [0.15, 0.2) is 28.2 Å². The Morgan fingerprint density at radius 3 is 2.72 bits per heavy atom. The molecule has 7 nitrogen and oxygen atoms in total. The summed E-state index contributed by atoms with van der Waals surface area (Å²) >= 11 is 1.12. The maximum Gasteiger partial charge on any atom is 0.268 e. The zero-order valence-corrected chi connectivity index (χ0v) is 15.8. The number of methoxy groups -OCH3 is 1. The fourth-order valence-electron chi connectivity index (χ4n) is 2.40. The minimum atomic E-state index is -0.696. The van der Waals surface area contributed by atoms with Gasteiger partial charge in [-0.1, -0.05) is 6.07 Å². The lowest BCUT2D eigenvalue weighted by Gasteiger charge is -2.03. The molecule has 146 valence electrons. The number of phenolic OH excluding ortho intramolecular Hbond substituents is 2. The van der Waals surface area contributed by atoms with Gasteiger partial charge in [0.1, 0.15) is 11.6 Å². The molecule has 0 saturated carbocycles. The Balaban J connectivity index is 1.78. The van der Waals surface area contributed by atoms with Gasteiger partial charge in [0.2, 0.25) is 0 Å². The first-order chi connectivity index (χ1) is 13.9. The van der Waals surface area contributed by atoms with Crippen LogP contribution in [0.4, 0.5) is 9.52 Å². The molecule has 0 atom stereocenters. The lowest BCUT2D eigenvalue weighted by molar-refractivity contribution is -0.112. The second kappa shape index (κ2) is 8.41. The number of halogens is 1. The molecule has 2 aromatic carbocycles. The molecule has 0 spiro atoms. The Kier molecular flexibility index (Phi) is 5.76. The van der Waals surface area contributed by atoms with Crippen LogP contribution in [0.1, 0.15) is 5.56 Å². The Bertz CT molecular complexity index is 1150. The fourth-order valence-corrected chi connectivity index (χ4v) is 3.11. The highest BCUT2D eigenvalue weighted by atomic mass is 32.1. The van der Waals surface area contributed by atoms with Crippen molar-refractivity contribution >= 4 is 28.5 Å². The highest BCUT2D eigenvalue weighted by molar-refractivity contribution is 7.14. The van der Waals surface area contributed by atoms with Gasteiger partial charge in [0, 0.05) is 10.9 Å². The summed E-state index contributed by atoms with van der Waals surface area (Å²) in [4.78, 5) is 16.6. The Hall–Kier alpha value is -3.90. The van der Waals surface area contributed by atoms with E-state index in [1.54, 1.807) is 17.5 Å². The van der Waals surface area contributed by atoms with Crippen molar-refractivity contribution in [3.8, 4) is 34.6 Å². The summed E-state index contributed by atoms with van der Waals surface area (Å²) in [7, 11) is 1.34. The molecule has 29 heavy (non-hydrogen) atoms. The number of carbonyl (C=O) groups excluding carboxylic acids is 1. The number of anilines is 1. The third kappa shape index (κ3) is 4.51. The van der Waals surface area contributed by atoms with E-state index in [4.69, 9.17) is 4.74 Å². The number of amides is 1. The number of hydrogen-bond acceptors (Lipinski definition) is 7. The number of nitriles is 1. The normalized spacial score (nSPS) is 11.0. The minimum Gasteiger partial charge on any atom is -0.504 e. The molecule has 3 N–H and O–H groups in total. The summed E-state index contributed by atoms with van der Waals surface area (Å²) in [6, 6.07) is 10.1. The summed E-state index contributed by atoms with van der Waals surface area (Å²) in [6.45, 7) is 0. The van der Waals surface area contributed by atoms with E-state index in [-0.39, 0.29) is 28.0 Å². The van der Waals surface area contributed by atoms with E-state index in [9.17, 15) is 24.7 Å². The first-order valence-electron chi connectivity index (χ1n) is 8.16. The molecular formula is C20H14FN3O4S. The van der Waals surface area contributed by atoms with Gasteiger partial charge < -0.3 is 14.9 Å². The lowest BCUT2D eigenvalue weighted by atomic mass is 10.1. The van der Waals surface area contributed by atoms with Gasteiger partial charge in [-0.15, -0.1) is 11.3 Å². The molecule has 0 aliphatic carbocycles. The van der Waals surface area contributed by atoms with Crippen molar-refractivity contribution in [2.45, 2.75) is 0 Å². The minimum absolute atomic E-state index is 0.0562. The molecule has 0 radical (unpaired) electrons. The fraction of sp³-hybridized carbons (Fsp3) is 0.0500. The number of aromatic hydroxyl groups is 2. The predicted octanol–water partition coefficient (Wildman–Crippen LogP) is 3.91. The number of aromatic nitrogens is 1. The van der Waals surface area contributed by atoms with E-state index in [2.05, 4.69) is 10.3 Å². The number of thiazole rings is 1. The first kappa shape index (κ1) is 19.9. The summed E-state index contributed by atoms with van der Waals surface area (Å²) in [6.07, 6.45) is 1.25. The van der Waals surface area contributed by atoms with Gasteiger partial charge in [0.05, 0.1) is 12.8 Å². The molecule has 0 unspecified atom stereocenters. The molecule has 3 rings (SSSR count). The number of phenols is 2. The SMILES string of the molecule is COc1ccc(/C=C(\C#N)C(=O)Nc2nc(-c3ccc(O)c(O)c3)cs2)cc1F. The summed E-state index contributed by atoms with van der Waals surface area (Å²) < 4.78 is 18.6. The predicted molar refractivity (Wildman–Crippen MR) is 106 cm³/mol. The maximum absolute atomic E-state index is 13.8. The van der Waals surface area contributed by atoms with Crippen molar-refractivity contribution in [3.63, 3.8) is 0 Å². The average molecular weight is 411 g/mol. The second-order valence-corrected chi connectivity index (χ2v) is 6.62. The third-order valence-corrected chi connectivity index (χ3v) is 4.61. The average Bonchev–Trinajstić information content (AvgIpc) is 3.16. The lowest BCUT2D eigenvalue weighted by Crippen LogP contribution is -2.13. The molecule has 0 aliphatic heterocycles. The van der Waals surface area contributed by atoms with Crippen LogP contribution < -0.4 is 10.1 Å². The molecule has 0 bridgehead atoms. The second-order valence-electron chi connectivity index (χ2n) is 5.76. The highest BCUT2D eigenvalue weighted by Gasteiger charge is 2.14. The van der Waals surface area contributed by atoms with Crippen molar-refractivity contribution < 1.29 is 24.1 Å². The van der Waals surface area contributed by atoms with Crippen molar-refractivity contribution in [1.29, 1.82) is 5.26 Å². The van der Waals surface area contributed by atoms with E-state index in [1.165, 1.54) is 37.5 Å². The maximum atomic E-state index is 13.8. The van der Waals surface area contributed by atoms with E-state index in [1.807, 2.05) is 0 Å². The van der Waals surface area contributed by atoms with Crippen molar-refractivity contribution in [3.05, 3.63) is 58.7 Å². The number of ether oxygens (including phenoxy) is 1. The molecule has 9 heteroatoms. The van der Waals surface area contributed by atoms with Gasteiger partial charge in [-0.25, -0.2) is 9.37 Å². The standard InChI is InChI=1S/C20H14FN3O4S/c1-28-18-5-2-11(7-14(18)21)6-13(9-22)19(27)24-20-23-15(10-29-20)12-3-4-16(25)17(26)8-12/h2-8,10,25-26H,1H3,(H,23,24,27)/b13-6+. The number of nitrogens with zero attached hydrogens (tertiary/aromatic N) is 2. The van der Waals surface area contributed by atoms with Crippen LogP contribution in [0.5, 0.6) is 17.2 Å². The first-order valence-corrected chi connectivity index (χ1v) is 9.04. The van der Waals surface area contributed by atoms with Crippen molar-refractivity contribution in [2.24, 2.45) is 0 Å². The van der Waals surface area contributed by atoms with E-state index < -0.39 is 11.7 Å². The molecule has 1 heterocycles.